The highest BCUT2D eigenvalue weighted by atomic mass is 16.2. The number of rotatable bonds is 2. The van der Waals surface area contributed by atoms with Gasteiger partial charge in [0.2, 0.25) is 11.8 Å². The van der Waals surface area contributed by atoms with Gasteiger partial charge in [-0.25, -0.2) is 0 Å². The molecule has 0 aromatic heterocycles. The van der Waals surface area contributed by atoms with Gasteiger partial charge in [0.15, 0.2) is 0 Å². The van der Waals surface area contributed by atoms with E-state index < -0.39 is 11.8 Å². The van der Waals surface area contributed by atoms with Gasteiger partial charge in [0.1, 0.15) is 5.92 Å². The van der Waals surface area contributed by atoms with E-state index in [9.17, 15) is 9.59 Å². The number of nitrogens with zero attached hydrogens (tertiary/aromatic N) is 1. The van der Waals surface area contributed by atoms with Gasteiger partial charge in [0, 0.05) is 18.2 Å². The summed E-state index contributed by atoms with van der Waals surface area (Å²) in [6, 6.07) is 8.95. The lowest BCUT2D eigenvalue weighted by Gasteiger charge is -2.59. The Morgan fingerprint density at radius 3 is 2.58 bits per heavy atom. The number of fused-ring (bicyclic) bond motifs is 5. The standard InChI is InChI=1S/C27H36N2O2/c1-16-7-5-6-8-17(16)20-10-11-21-18-9-12-23-27(3,22(18)13-14-26(20,21)2)15-19(24(28)30)25(31)29(23)4/h5-8,12,18-22H,9-11,13-15H2,1-4H3,(H2,28,30)/t18-,19?,20?,21-,22+,26+,27+/m0/s1. The number of allylic oxidation sites excluding steroid dienone is 2. The van der Waals surface area contributed by atoms with Crippen LogP contribution in [0.5, 0.6) is 0 Å². The third-order valence-electron chi connectivity index (χ3n) is 9.95. The number of hydrogen-bond donors (Lipinski definition) is 1. The number of carbonyl (C=O) groups excluding carboxylic acids is 2. The molecule has 0 bridgehead atoms. The molecule has 0 radical (unpaired) electrons. The summed E-state index contributed by atoms with van der Waals surface area (Å²) in [6.07, 6.45) is 8.89. The molecule has 1 saturated heterocycles. The Balaban J connectivity index is 1.50. The van der Waals surface area contributed by atoms with E-state index in [-0.39, 0.29) is 11.3 Å². The lowest BCUT2D eigenvalue weighted by Crippen LogP contribution is -2.57. The smallest absolute Gasteiger partial charge is 0.239 e. The lowest BCUT2D eigenvalue weighted by atomic mass is 9.48. The first-order valence-electron chi connectivity index (χ1n) is 12.0. The topological polar surface area (TPSA) is 63.4 Å². The predicted molar refractivity (Wildman–Crippen MR) is 122 cm³/mol. The van der Waals surface area contributed by atoms with Crippen LogP contribution in [0.3, 0.4) is 0 Å². The average Bonchev–Trinajstić information content (AvgIpc) is 3.08. The first-order chi connectivity index (χ1) is 14.7. The maximum absolute atomic E-state index is 12.8. The second-order valence-corrected chi connectivity index (χ2v) is 11.2. The Morgan fingerprint density at radius 1 is 1.13 bits per heavy atom. The summed E-state index contributed by atoms with van der Waals surface area (Å²) in [5.41, 5.74) is 9.95. The minimum Gasteiger partial charge on any atom is -0.369 e. The second-order valence-electron chi connectivity index (χ2n) is 11.2. The molecular weight excluding hydrogens is 384 g/mol. The van der Waals surface area contributed by atoms with Gasteiger partial charge in [-0.15, -0.1) is 0 Å². The molecule has 7 atom stereocenters. The summed E-state index contributed by atoms with van der Waals surface area (Å²) in [7, 11) is 1.83. The molecule has 5 rings (SSSR count). The normalized spacial score (nSPS) is 41.8. The first-order valence-corrected chi connectivity index (χ1v) is 12.0. The molecule has 0 spiro atoms. The van der Waals surface area contributed by atoms with E-state index in [0.717, 1.165) is 12.1 Å². The minimum atomic E-state index is -0.692. The van der Waals surface area contributed by atoms with Crippen molar-refractivity contribution >= 4 is 11.8 Å². The number of likely N-dealkylation sites (tertiary alicyclic amines) is 1. The predicted octanol–water partition coefficient (Wildman–Crippen LogP) is 4.78. The molecule has 1 heterocycles. The Hall–Kier alpha value is -2.10. The molecule has 2 amide bonds. The molecule has 31 heavy (non-hydrogen) atoms. The van der Waals surface area contributed by atoms with Gasteiger partial charge in [0.25, 0.3) is 0 Å². The highest BCUT2D eigenvalue weighted by Crippen LogP contribution is 2.68. The van der Waals surface area contributed by atoms with Gasteiger partial charge in [0.05, 0.1) is 0 Å². The Morgan fingerprint density at radius 2 is 1.87 bits per heavy atom. The van der Waals surface area contributed by atoms with Crippen LogP contribution in [0.1, 0.15) is 69.4 Å². The zero-order valence-electron chi connectivity index (χ0n) is 19.4. The molecule has 3 fully saturated rings. The van der Waals surface area contributed by atoms with Crippen molar-refractivity contribution in [2.24, 2.45) is 40.2 Å². The summed E-state index contributed by atoms with van der Waals surface area (Å²) in [4.78, 5) is 26.6. The largest absolute Gasteiger partial charge is 0.369 e. The quantitative estimate of drug-likeness (QED) is 0.700. The van der Waals surface area contributed by atoms with Gasteiger partial charge in [-0.3, -0.25) is 9.59 Å². The number of piperidine rings is 1. The second kappa shape index (κ2) is 6.95. The summed E-state index contributed by atoms with van der Waals surface area (Å²) in [5, 5.41) is 0. The summed E-state index contributed by atoms with van der Waals surface area (Å²) >= 11 is 0. The summed E-state index contributed by atoms with van der Waals surface area (Å²) in [6.45, 7) is 7.10. The fourth-order valence-corrected chi connectivity index (χ4v) is 8.43. The van der Waals surface area contributed by atoms with Crippen LogP contribution < -0.4 is 5.73 Å². The first kappa shape index (κ1) is 20.8. The van der Waals surface area contributed by atoms with Crippen molar-refractivity contribution in [2.75, 3.05) is 7.05 Å². The van der Waals surface area contributed by atoms with Crippen LogP contribution in [0.2, 0.25) is 0 Å². The maximum atomic E-state index is 12.8. The number of carbonyl (C=O) groups is 2. The molecular formula is C27H36N2O2. The number of hydrogen-bond acceptors (Lipinski definition) is 2. The van der Waals surface area contributed by atoms with E-state index in [1.165, 1.54) is 31.2 Å². The van der Waals surface area contributed by atoms with E-state index in [4.69, 9.17) is 5.73 Å². The lowest BCUT2D eigenvalue weighted by molar-refractivity contribution is -0.148. The van der Waals surface area contributed by atoms with E-state index >= 15 is 0 Å². The minimum absolute atomic E-state index is 0.129. The molecule has 1 aromatic rings. The van der Waals surface area contributed by atoms with Crippen molar-refractivity contribution in [1.82, 2.24) is 4.90 Å². The average molecular weight is 421 g/mol. The molecule has 2 unspecified atom stereocenters. The fraction of sp³-hybridized carbons (Fsp3) is 0.630. The van der Waals surface area contributed by atoms with E-state index in [0.29, 0.717) is 35.5 Å². The molecule has 2 N–H and O–H groups in total. The van der Waals surface area contributed by atoms with Crippen LogP contribution in [0.4, 0.5) is 0 Å². The van der Waals surface area contributed by atoms with Gasteiger partial charge in [-0.2, -0.15) is 0 Å². The van der Waals surface area contributed by atoms with E-state index in [1.807, 2.05) is 7.05 Å². The van der Waals surface area contributed by atoms with Crippen molar-refractivity contribution < 1.29 is 9.59 Å². The monoisotopic (exact) mass is 420 g/mol. The number of primary amides is 1. The van der Waals surface area contributed by atoms with E-state index in [1.54, 1.807) is 10.5 Å². The molecule has 4 heteroatoms. The molecule has 1 aromatic carbocycles. The summed E-state index contributed by atoms with van der Waals surface area (Å²) in [5.74, 6) is 1.17. The Labute approximate surface area is 186 Å². The number of benzene rings is 1. The third kappa shape index (κ3) is 2.79. The molecule has 4 aliphatic rings. The van der Waals surface area contributed by atoms with Crippen LogP contribution >= 0.6 is 0 Å². The zero-order valence-corrected chi connectivity index (χ0v) is 19.4. The number of amides is 2. The highest BCUT2D eigenvalue weighted by molar-refractivity contribution is 6.01. The van der Waals surface area contributed by atoms with Crippen LogP contribution in [-0.2, 0) is 9.59 Å². The van der Waals surface area contributed by atoms with Crippen molar-refractivity contribution in [2.45, 2.75) is 65.2 Å². The summed E-state index contributed by atoms with van der Waals surface area (Å²) < 4.78 is 0. The molecule has 3 aliphatic carbocycles. The van der Waals surface area contributed by atoms with Crippen molar-refractivity contribution in [3.05, 3.63) is 47.2 Å². The SMILES string of the molecule is Cc1ccccc1C1CC[C@H]2[C@@H]3CC=C4N(C)C(=O)C(C(N)=O)C[C@]4(C)[C@@H]3CC[C@]12C. The van der Waals surface area contributed by atoms with Crippen LogP contribution in [0, 0.1) is 41.4 Å². The van der Waals surface area contributed by atoms with Crippen molar-refractivity contribution in [3.8, 4) is 0 Å². The van der Waals surface area contributed by atoms with Crippen LogP contribution in [0.15, 0.2) is 36.0 Å². The Bertz CT molecular complexity index is 968. The number of aryl methyl sites for hydroxylation is 1. The van der Waals surface area contributed by atoms with Crippen molar-refractivity contribution in [3.63, 3.8) is 0 Å². The van der Waals surface area contributed by atoms with Crippen LogP contribution in [0.25, 0.3) is 0 Å². The third-order valence-corrected chi connectivity index (χ3v) is 9.95. The molecule has 2 saturated carbocycles. The van der Waals surface area contributed by atoms with Gasteiger partial charge in [-0.1, -0.05) is 44.2 Å². The maximum Gasteiger partial charge on any atom is 0.239 e. The van der Waals surface area contributed by atoms with Gasteiger partial charge < -0.3 is 10.6 Å². The van der Waals surface area contributed by atoms with Crippen LogP contribution in [-0.4, -0.2) is 23.8 Å². The molecule has 1 aliphatic heterocycles. The Kier molecular flexibility index (Phi) is 4.66. The highest BCUT2D eigenvalue weighted by Gasteiger charge is 2.61. The fourth-order valence-electron chi connectivity index (χ4n) is 8.43. The molecule has 4 nitrogen and oxygen atoms in total. The van der Waals surface area contributed by atoms with E-state index in [2.05, 4.69) is 51.1 Å². The number of nitrogens with two attached hydrogens (primary N) is 1. The molecule has 166 valence electrons. The zero-order chi connectivity index (χ0) is 22.1. The van der Waals surface area contributed by atoms with Gasteiger partial charge >= 0.3 is 0 Å². The van der Waals surface area contributed by atoms with Gasteiger partial charge in [-0.05, 0) is 85.7 Å². The van der Waals surface area contributed by atoms with Crippen molar-refractivity contribution in [1.29, 1.82) is 0 Å².